The number of hydrogen-bond acceptors (Lipinski definition) is 3. The third kappa shape index (κ3) is 3.38. The Balaban J connectivity index is 1.44. The standard InChI is InChI=1S/C35H23BrN2S/c1-35(2)27-13-7-5-12-26(27)33-34(35)38-31(21-15-16-25-24-11-6-8-14-29(24)39-30(25)19-21)32(37-33)22-17-20-9-3-4-10-23(20)28(36)18-22/h3-19H,1-2H3. The van der Waals surface area contributed by atoms with Crippen molar-refractivity contribution in [1.29, 1.82) is 0 Å². The van der Waals surface area contributed by atoms with Gasteiger partial charge in [0.1, 0.15) is 0 Å². The van der Waals surface area contributed by atoms with E-state index >= 15 is 0 Å². The number of aromatic nitrogens is 2. The van der Waals surface area contributed by atoms with Crippen LogP contribution in [0, 0.1) is 0 Å². The highest BCUT2D eigenvalue weighted by molar-refractivity contribution is 9.10. The average Bonchev–Trinajstić information content (AvgIpc) is 3.44. The average molecular weight is 584 g/mol. The molecular formula is C35H23BrN2S. The summed E-state index contributed by atoms with van der Waals surface area (Å²) in [7, 11) is 0. The quantitative estimate of drug-likeness (QED) is 0.202. The minimum atomic E-state index is -0.224. The molecular weight excluding hydrogens is 560 g/mol. The van der Waals surface area contributed by atoms with E-state index in [-0.39, 0.29) is 5.41 Å². The fraction of sp³-hybridized carbons (Fsp3) is 0.0857. The van der Waals surface area contributed by atoms with Crippen LogP contribution >= 0.6 is 27.3 Å². The highest BCUT2D eigenvalue weighted by atomic mass is 79.9. The number of halogens is 1. The van der Waals surface area contributed by atoms with E-state index in [1.165, 1.54) is 42.1 Å². The van der Waals surface area contributed by atoms with Crippen molar-refractivity contribution in [2.75, 3.05) is 0 Å². The maximum Gasteiger partial charge on any atom is 0.0973 e. The van der Waals surface area contributed by atoms with Crippen LogP contribution < -0.4 is 0 Å². The number of rotatable bonds is 2. The van der Waals surface area contributed by atoms with Gasteiger partial charge in [-0.2, -0.15) is 0 Å². The molecule has 186 valence electrons. The van der Waals surface area contributed by atoms with E-state index in [1.54, 1.807) is 0 Å². The Morgan fingerprint density at radius 1 is 0.615 bits per heavy atom. The summed E-state index contributed by atoms with van der Waals surface area (Å²) < 4.78 is 3.63. The van der Waals surface area contributed by atoms with E-state index in [2.05, 4.69) is 133 Å². The van der Waals surface area contributed by atoms with Crippen molar-refractivity contribution >= 4 is 58.2 Å². The lowest BCUT2D eigenvalue weighted by molar-refractivity contribution is 0.636. The SMILES string of the molecule is CC1(C)c2ccccc2-c2nc(-c3cc(Br)c4ccccc4c3)c(-c3ccc4c(c3)sc3ccccc34)nc21. The van der Waals surface area contributed by atoms with Crippen molar-refractivity contribution in [3.63, 3.8) is 0 Å². The molecule has 0 saturated heterocycles. The Kier molecular flexibility index (Phi) is 4.92. The molecule has 0 amide bonds. The first-order valence-electron chi connectivity index (χ1n) is 13.1. The molecule has 5 aromatic carbocycles. The summed E-state index contributed by atoms with van der Waals surface area (Å²) in [5.41, 5.74) is 8.25. The maximum absolute atomic E-state index is 5.46. The van der Waals surface area contributed by atoms with Gasteiger partial charge in [-0.25, -0.2) is 9.97 Å². The normalized spacial score (nSPS) is 13.7. The predicted molar refractivity (Wildman–Crippen MR) is 169 cm³/mol. The Labute approximate surface area is 239 Å². The van der Waals surface area contributed by atoms with Crippen LogP contribution in [0.4, 0.5) is 0 Å². The van der Waals surface area contributed by atoms with Crippen molar-refractivity contribution in [2.24, 2.45) is 0 Å². The largest absolute Gasteiger partial charge is 0.247 e. The molecule has 0 N–H and O–H groups in total. The molecule has 0 bridgehead atoms. The van der Waals surface area contributed by atoms with Gasteiger partial charge in [0.15, 0.2) is 0 Å². The van der Waals surface area contributed by atoms with Crippen LogP contribution in [0.15, 0.2) is 108 Å². The number of fused-ring (bicyclic) bond motifs is 7. The van der Waals surface area contributed by atoms with Gasteiger partial charge < -0.3 is 0 Å². The van der Waals surface area contributed by atoms with E-state index in [9.17, 15) is 0 Å². The maximum atomic E-state index is 5.46. The van der Waals surface area contributed by atoms with Gasteiger partial charge in [-0.15, -0.1) is 11.3 Å². The second-order valence-corrected chi connectivity index (χ2v) is 12.7. The van der Waals surface area contributed by atoms with Gasteiger partial charge in [0.05, 0.1) is 22.8 Å². The highest BCUT2D eigenvalue weighted by Gasteiger charge is 2.39. The van der Waals surface area contributed by atoms with Crippen LogP contribution in [0.3, 0.4) is 0 Å². The lowest BCUT2D eigenvalue weighted by atomic mass is 9.85. The Morgan fingerprint density at radius 2 is 1.33 bits per heavy atom. The first-order chi connectivity index (χ1) is 19.0. The van der Waals surface area contributed by atoms with Crippen molar-refractivity contribution in [3.05, 3.63) is 119 Å². The molecule has 39 heavy (non-hydrogen) atoms. The predicted octanol–water partition coefficient (Wildman–Crippen LogP) is 10.4. The number of nitrogens with zero attached hydrogens (tertiary/aromatic N) is 2. The first-order valence-corrected chi connectivity index (χ1v) is 14.7. The van der Waals surface area contributed by atoms with Crippen molar-refractivity contribution in [3.8, 4) is 33.8 Å². The molecule has 0 spiro atoms. The zero-order chi connectivity index (χ0) is 26.3. The van der Waals surface area contributed by atoms with Crippen molar-refractivity contribution in [2.45, 2.75) is 19.3 Å². The molecule has 2 heterocycles. The summed E-state index contributed by atoms with van der Waals surface area (Å²) in [5, 5.41) is 4.96. The fourth-order valence-electron chi connectivity index (χ4n) is 6.10. The van der Waals surface area contributed by atoms with Crippen molar-refractivity contribution < 1.29 is 0 Å². The van der Waals surface area contributed by atoms with Gasteiger partial charge in [-0.05, 0) is 40.6 Å². The minimum absolute atomic E-state index is 0.224. The minimum Gasteiger partial charge on any atom is -0.247 e. The van der Waals surface area contributed by atoms with Crippen molar-refractivity contribution in [1.82, 2.24) is 9.97 Å². The molecule has 2 aromatic heterocycles. The van der Waals surface area contributed by atoms with Gasteiger partial charge >= 0.3 is 0 Å². The molecule has 0 radical (unpaired) electrons. The fourth-order valence-corrected chi connectivity index (χ4v) is 7.85. The number of hydrogen-bond donors (Lipinski definition) is 0. The summed E-state index contributed by atoms with van der Waals surface area (Å²) in [6.07, 6.45) is 0. The van der Waals surface area contributed by atoms with Gasteiger partial charge in [0.25, 0.3) is 0 Å². The molecule has 1 aliphatic carbocycles. The summed E-state index contributed by atoms with van der Waals surface area (Å²) in [6, 6.07) is 36.9. The summed E-state index contributed by atoms with van der Waals surface area (Å²) >= 11 is 5.67. The molecule has 0 fully saturated rings. The Morgan fingerprint density at radius 3 is 2.23 bits per heavy atom. The third-order valence-corrected chi connectivity index (χ3v) is 9.87. The summed E-state index contributed by atoms with van der Waals surface area (Å²) in [6.45, 7) is 4.52. The number of thiophene rings is 1. The van der Waals surface area contributed by atoms with E-state index in [1.807, 2.05) is 11.3 Å². The molecule has 8 rings (SSSR count). The highest BCUT2D eigenvalue weighted by Crippen LogP contribution is 2.49. The molecule has 4 heteroatoms. The monoisotopic (exact) mass is 582 g/mol. The van der Waals surface area contributed by atoms with Gasteiger partial charge in [-0.3, -0.25) is 0 Å². The Bertz CT molecular complexity index is 2120. The molecule has 1 aliphatic rings. The van der Waals surface area contributed by atoms with E-state index in [0.29, 0.717) is 0 Å². The lowest BCUT2D eigenvalue weighted by Crippen LogP contribution is -2.17. The zero-order valence-corrected chi connectivity index (χ0v) is 23.9. The van der Waals surface area contributed by atoms with E-state index in [4.69, 9.17) is 9.97 Å². The smallest absolute Gasteiger partial charge is 0.0973 e. The van der Waals surface area contributed by atoms with Gasteiger partial charge in [0.2, 0.25) is 0 Å². The second kappa shape index (κ2) is 8.32. The Hall–Kier alpha value is -3.86. The zero-order valence-electron chi connectivity index (χ0n) is 21.5. The summed E-state index contributed by atoms with van der Waals surface area (Å²) in [5.74, 6) is 0. The molecule has 0 saturated carbocycles. The molecule has 0 aliphatic heterocycles. The van der Waals surface area contributed by atoms with Gasteiger partial charge in [-0.1, -0.05) is 109 Å². The lowest BCUT2D eigenvalue weighted by Gasteiger charge is -2.21. The number of benzene rings is 5. The molecule has 2 nitrogen and oxygen atoms in total. The van der Waals surface area contributed by atoms with Gasteiger partial charge in [0, 0.05) is 46.8 Å². The molecule has 0 atom stereocenters. The van der Waals surface area contributed by atoms with Crippen LogP contribution in [0.2, 0.25) is 0 Å². The van der Waals surface area contributed by atoms with E-state index in [0.717, 1.165) is 38.4 Å². The first kappa shape index (κ1) is 23.1. The van der Waals surface area contributed by atoms with Crippen LogP contribution in [0.1, 0.15) is 25.1 Å². The summed E-state index contributed by atoms with van der Waals surface area (Å²) in [4.78, 5) is 10.9. The van der Waals surface area contributed by atoms with Crippen LogP contribution in [0.25, 0.3) is 64.7 Å². The molecule has 0 unspecified atom stereocenters. The second-order valence-electron chi connectivity index (χ2n) is 10.8. The molecule has 7 aromatic rings. The van der Waals surface area contributed by atoms with Crippen LogP contribution in [-0.2, 0) is 5.41 Å². The topological polar surface area (TPSA) is 25.8 Å². The van der Waals surface area contributed by atoms with Crippen LogP contribution in [-0.4, -0.2) is 9.97 Å². The van der Waals surface area contributed by atoms with Crippen LogP contribution in [0.5, 0.6) is 0 Å². The van der Waals surface area contributed by atoms with E-state index < -0.39 is 0 Å². The third-order valence-electron chi connectivity index (χ3n) is 8.08.